The van der Waals surface area contributed by atoms with Crippen molar-refractivity contribution in [2.75, 3.05) is 11.9 Å². The summed E-state index contributed by atoms with van der Waals surface area (Å²) >= 11 is 0. The van der Waals surface area contributed by atoms with Crippen molar-refractivity contribution >= 4 is 11.7 Å². The van der Waals surface area contributed by atoms with Gasteiger partial charge in [-0.15, -0.1) is 0 Å². The van der Waals surface area contributed by atoms with Gasteiger partial charge in [-0.2, -0.15) is 0 Å². The highest BCUT2D eigenvalue weighted by atomic mass is 19.1. The zero-order valence-corrected chi connectivity index (χ0v) is 9.67. The van der Waals surface area contributed by atoms with Gasteiger partial charge in [0.05, 0.1) is 12.7 Å². The van der Waals surface area contributed by atoms with Gasteiger partial charge >= 0.3 is 0 Å². The molecule has 16 heavy (non-hydrogen) atoms. The number of rotatable bonds is 3. The van der Waals surface area contributed by atoms with Crippen LogP contribution in [-0.2, 0) is 4.79 Å². The summed E-state index contributed by atoms with van der Waals surface area (Å²) < 4.78 is 12.5. The molecule has 1 amide bonds. The lowest BCUT2D eigenvalue weighted by atomic mass is 10.1. The molecule has 0 bridgehead atoms. The number of hydrogen-bond acceptors (Lipinski definition) is 3. The Kier molecular flexibility index (Phi) is 3.82. The van der Waals surface area contributed by atoms with Crippen LogP contribution in [0, 0.1) is 5.82 Å². The first kappa shape index (κ1) is 12.4. The minimum atomic E-state index is -0.398. The van der Waals surface area contributed by atoms with Crippen molar-refractivity contribution in [1.82, 2.24) is 10.3 Å². The fourth-order valence-corrected chi connectivity index (χ4v) is 1.11. The van der Waals surface area contributed by atoms with E-state index in [1.54, 1.807) is 0 Å². The Bertz CT molecular complexity index is 356. The Morgan fingerprint density at radius 2 is 2.12 bits per heavy atom. The standard InChI is InChI=1S/C11H16FN3O/c1-11(2,3)15-10(16)7-14-9-5-4-8(12)6-13-9/h4-6H,7H2,1-3H3,(H,13,14)(H,15,16). The third kappa shape index (κ3) is 4.72. The molecule has 1 rings (SSSR count). The van der Waals surface area contributed by atoms with Gasteiger partial charge in [-0.25, -0.2) is 9.37 Å². The molecule has 0 saturated heterocycles. The van der Waals surface area contributed by atoms with E-state index in [1.807, 2.05) is 20.8 Å². The fourth-order valence-electron chi connectivity index (χ4n) is 1.11. The maximum atomic E-state index is 12.5. The van der Waals surface area contributed by atoms with E-state index in [1.165, 1.54) is 12.1 Å². The molecule has 0 fully saturated rings. The van der Waals surface area contributed by atoms with Gasteiger partial charge in [-0.3, -0.25) is 4.79 Å². The Hall–Kier alpha value is -1.65. The molecular formula is C11H16FN3O. The maximum Gasteiger partial charge on any atom is 0.239 e. The number of anilines is 1. The van der Waals surface area contributed by atoms with Crippen molar-refractivity contribution in [2.45, 2.75) is 26.3 Å². The largest absolute Gasteiger partial charge is 0.361 e. The van der Waals surface area contributed by atoms with Crippen LogP contribution in [0.2, 0.25) is 0 Å². The number of carbonyl (C=O) groups excluding carboxylic acids is 1. The molecule has 1 aromatic heterocycles. The minimum Gasteiger partial charge on any atom is -0.361 e. The molecule has 0 atom stereocenters. The van der Waals surface area contributed by atoms with E-state index >= 15 is 0 Å². The average Bonchev–Trinajstić information content (AvgIpc) is 2.14. The van der Waals surface area contributed by atoms with Gasteiger partial charge in [0, 0.05) is 5.54 Å². The summed E-state index contributed by atoms with van der Waals surface area (Å²) in [5, 5.41) is 5.60. The molecule has 1 heterocycles. The molecule has 0 aromatic carbocycles. The SMILES string of the molecule is CC(C)(C)NC(=O)CNc1ccc(F)cn1. The van der Waals surface area contributed by atoms with Crippen molar-refractivity contribution in [3.63, 3.8) is 0 Å². The first-order chi connectivity index (χ1) is 7.37. The van der Waals surface area contributed by atoms with Crippen molar-refractivity contribution in [3.8, 4) is 0 Å². The molecule has 0 saturated carbocycles. The summed E-state index contributed by atoms with van der Waals surface area (Å²) in [4.78, 5) is 15.2. The Morgan fingerprint density at radius 1 is 1.44 bits per heavy atom. The molecule has 5 heteroatoms. The molecule has 4 nitrogen and oxygen atoms in total. The monoisotopic (exact) mass is 225 g/mol. The van der Waals surface area contributed by atoms with Crippen LogP contribution >= 0.6 is 0 Å². The Labute approximate surface area is 94.3 Å². The third-order valence-corrected chi connectivity index (χ3v) is 1.67. The lowest BCUT2D eigenvalue weighted by molar-refractivity contribution is -0.120. The predicted molar refractivity (Wildman–Crippen MR) is 60.6 cm³/mol. The van der Waals surface area contributed by atoms with E-state index in [-0.39, 0.29) is 18.0 Å². The van der Waals surface area contributed by atoms with Gasteiger partial charge in [0.1, 0.15) is 11.6 Å². The predicted octanol–water partition coefficient (Wildman–Crippen LogP) is 1.55. The van der Waals surface area contributed by atoms with Crippen molar-refractivity contribution < 1.29 is 9.18 Å². The van der Waals surface area contributed by atoms with Crippen molar-refractivity contribution in [2.24, 2.45) is 0 Å². The number of amides is 1. The number of halogens is 1. The minimum absolute atomic E-state index is 0.121. The Balaban J connectivity index is 2.40. The molecule has 0 radical (unpaired) electrons. The van der Waals surface area contributed by atoms with E-state index < -0.39 is 5.82 Å². The van der Waals surface area contributed by atoms with E-state index in [2.05, 4.69) is 15.6 Å². The van der Waals surface area contributed by atoms with Crippen molar-refractivity contribution in [3.05, 3.63) is 24.1 Å². The number of carbonyl (C=O) groups is 1. The first-order valence-electron chi connectivity index (χ1n) is 5.03. The van der Waals surface area contributed by atoms with Crippen LogP contribution in [0.1, 0.15) is 20.8 Å². The average molecular weight is 225 g/mol. The zero-order valence-electron chi connectivity index (χ0n) is 9.67. The molecule has 0 spiro atoms. The van der Waals surface area contributed by atoms with Crippen LogP contribution in [0.3, 0.4) is 0 Å². The second kappa shape index (κ2) is 4.92. The normalized spacial score (nSPS) is 11.0. The van der Waals surface area contributed by atoms with Gasteiger partial charge in [-0.05, 0) is 32.9 Å². The number of nitrogens with zero attached hydrogens (tertiary/aromatic N) is 1. The summed E-state index contributed by atoms with van der Waals surface area (Å²) in [6.45, 7) is 5.83. The number of pyridine rings is 1. The molecule has 88 valence electrons. The fraction of sp³-hybridized carbons (Fsp3) is 0.455. The molecular weight excluding hydrogens is 209 g/mol. The zero-order chi connectivity index (χ0) is 12.2. The van der Waals surface area contributed by atoms with E-state index in [4.69, 9.17) is 0 Å². The third-order valence-electron chi connectivity index (χ3n) is 1.67. The van der Waals surface area contributed by atoms with E-state index in [0.29, 0.717) is 5.82 Å². The second-order valence-corrected chi connectivity index (χ2v) is 4.51. The van der Waals surface area contributed by atoms with Gasteiger partial charge in [0.15, 0.2) is 0 Å². The number of aromatic nitrogens is 1. The van der Waals surface area contributed by atoms with Crippen LogP contribution in [0.15, 0.2) is 18.3 Å². The van der Waals surface area contributed by atoms with Gasteiger partial charge in [0.25, 0.3) is 0 Å². The molecule has 0 aliphatic heterocycles. The van der Waals surface area contributed by atoms with Crippen LogP contribution in [0.4, 0.5) is 10.2 Å². The summed E-state index contributed by atoms with van der Waals surface area (Å²) in [5.74, 6) is -0.0474. The summed E-state index contributed by atoms with van der Waals surface area (Å²) in [5.41, 5.74) is -0.255. The molecule has 1 aromatic rings. The topological polar surface area (TPSA) is 54.0 Å². The highest BCUT2D eigenvalue weighted by Crippen LogP contribution is 2.03. The van der Waals surface area contributed by atoms with Gasteiger partial charge in [-0.1, -0.05) is 0 Å². The van der Waals surface area contributed by atoms with Crippen LogP contribution in [0.5, 0.6) is 0 Å². The Morgan fingerprint density at radius 3 is 2.62 bits per heavy atom. The summed E-state index contributed by atoms with van der Waals surface area (Å²) in [6, 6.07) is 2.77. The van der Waals surface area contributed by atoms with E-state index in [9.17, 15) is 9.18 Å². The summed E-state index contributed by atoms with van der Waals surface area (Å²) in [6.07, 6.45) is 1.10. The second-order valence-electron chi connectivity index (χ2n) is 4.51. The summed E-state index contributed by atoms with van der Waals surface area (Å²) in [7, 11) is 0. The van der Waals surface area contributed by atoms with Gasteiger partial charge < -0.3 is 10.6 Å². The highest BCUT2D eigenvalue weighted by Gasteiger charge is 2.13. The lowest BCUT2D eigenvalue weighted by Gasteiger charge is -2.20. The van der Waals surface area contributed by atoms with Crippen LogP contribution in [-0.4, -0.2) is 23.0 Å². The lowest BCUT2D eigenvalue weighted by Crippen LogP contribution is -2.43. The molecule has 0 aliphatic carbocycles. The van der Waals surface area contributed by atoms with Crippen molar-refractivity contribution in [1.29, 1.82) is 0 Å². The molecule has 0 aliphatic rings. The first-order valence-corrected chi connectivity index (χ1v) is 5.03. The molecule has 2 N–H and O–H groups in total. The molecule has 0 unspecified atom stereocenters. The van der Waals surface area contributed by atoms with Gasteiger partial charge in [0.2, 0.25) is 5.91 Å². The van der Waals surface area contributed by atoms with Crippen LogP contribution < -0.4 is 10.6 Å². The highest BCUT2D eigenvalue weighted by molar-refractivity contribution is 5.80. The smallest absolute Gasteiger partial charge is 0.239 e. The van der Waals surface area contributed by atoms with E-state index in [0.717, 1.165) is 6.20 Å². The maximum absolute atomic E-state index is 12.5. The van der Waals surface area contributed by atoms with Crippen LogP contribution in [0.25, 0.3) is 0 Å². The quantitative estimate of drug-likeness (QED) is 0.820. The number of nitrogens with one attached hydrogen (secondary N) is 2. The number of hydrogen-bond donors (Lipinski definition) is 2.